The van der Waals surface area contributed by atoms with Gasteiger partial charge in [-0.25, -0.2) is 4.57 Å². The van der Waals surface area contributed by atoms with E-state index in [9.17, 15) is 23.8 Å². The molecule has 3 atom stereocenters. The van der Waals surface area contributed by atoms with Gasteiger partial charge in [0.05, 0.1) is 13.2 Å². The Morgan fingerprint density at radius 2 is 0.982 bits per heavy atom. The molecule has 0 fully saturated rings. The van der Waals surface area contributed by atoms with E-state index in [1.165, 1.54) is 128 Å². The van der Waals surface area contributed by atoms with E-state index in [4.69, 9.17) is 24.8 Å². The van der Waals surface area contributed by atoms with Crippen LogP contribution in [0.25, 0.3) is 0 Å². The number of rotatable bonds is 43. The lowest BCUT2D eigenvalue weighted by Crippen LogP contribution is -2.34. The molecule has 0 aliphatic rings. The van der Waals surface area contributed by atoms with Gasteiger partial charge in [-0.3, -0.25) is 23.4 Å². The highest BCUT2D eigenvalue weighted by Gasteiger charge is 2.28. The summed E-state index contributed by atoms with van der Waals surface area (Å²) in [6, 6.07) is -1.52. The first-order valence-electron chi connectivity index (χ1n) is 22.3. The molecule has 0 spiro atoms. The van der Waals surface area contributed by atoms with E-state index in [2.05, 4.69) is 30.2 Å². The summed E-state index contributed by atoms with van der Waals surface area (Å²) in [6.45, 7) is 4.33. The summed E-state index contributed by atoms with van der Waals surface area (Å²) in [5, 5.41) is 8.89. The number of unbranched alkanes of at least 4 members (excludes halogenated alkanes) is 26. The largest absolute Gasteiger partial charge is 0.480 e. The van der Waals surface area contributed by atoms with Crippen LogP contribution in [0.15, 0.2) is 24.8 Å². The van der Waals surface area contributed by atoms with Gasteiger partial charge in [-0.1, -0.05) is 160 Å². The summed E-state index contributed by atoms with van der Waals surface area (Å²) >= 11 is 0. The van der Waals surface area contributed by atoms with Crippen molar-refractivity contribution in [2.24, 2.45) is 5.73 Å². The molecule has 1 unspecified atom stereocenters. The van der Waals surface area contributed by atoms with Crippen molar-refractivity contribution in [1.82, 2.24) is 0 Å². The number of carbonyl (C=O) groups is 3. The number of aliphatic carboxylic acids is 1. The number of phosphoric ester groups is 1. The number of carboxylic acids is 1. The minimum Gasteiger partial charge on any atom is -0.480 e. The van der Waals surface area contributed by atoms with Crippen molar-refractivity contribution in [1.29, 1.82) is 0 Å². The second kappa shape index (κ2) is 39.8. The third-order valence-electron chi connectivity index (χ3n) is 9.82. The zero-order valence-electron chi connectivity index (χ0n) is 35.3. The van der Waals surface area contributed by atoms with Crippen molar-refractivity contribution in [3.05, 3.63) is 24.8 Å². The predicted octanol–water partition coefficient (Wildman–Crippen LogP) is 11.8. The number of hydrogen-bond donors (Lipinski definition) is 3. The summed E-state index contributed by atoms with van der Waals surface area (Å²) in [6.07, 6.45) is 39.8. The zero-order valence-corrected chi connectivity index (χ0v) is 36.2. The van der Waals surface area contributed by atoms with E-state index >= 15 is 0 Å². The molecule has 11 nitrogen and oxygen atoms in total. The summed E-state index contributed by atoms with van der Waals surface area (Å²) < 4.78 is 32.7. The van der Waals surface area contributed by atoms with Crippen LogP contribution < -0.4 is 5.73 Å². The van der Waals surface area contributed by atoms with Gasteiger partial charge in [0, 0.05) is 12.8 Å². The van der Waals surface area contributed by atoms with Crippen molar-refractivity contribution in [3.8, 4) is 0 Å². The number of carboxylic acid groups (broad SMARTS) is 1. The van der Waals surface area contributed by atoms with E-state index < -0.39 is 51.1 Å². The minimum atomic E-state index is -4.71. The third-order valence-corrected chi connectivity index (χ3v) is 10.8. The van der Waals surface area contributed by atoms with Gasteiger partial charge in [0.2, 0.25) is 0 Å². The maximum Gasteiger partial charge on any atom is 0.472 e. The van der Waals surface area contributed by atoms with Crippen molar-refractivity contribution in [2.45, 2.75) is 218 Å². The summed E-state index contributed by atoms with van der Waals surface area (Å²) in [7, 11) is -4.71. The first kappa shape index (κ1) is 54.0. The lowest BCUT2D eigenvalue weighted by Gasteiger charge is -2.20. The van der Waals surface area contributed by atoms with Crippen molar-refractivity contribution in [2.75, 3.05) is 19.8 Å². The molecule has 0 saturated carbocycles. The smallest absolute Gasteiger partial charge is 0.472 e. The van der Waals surface area contributed by atoms with E-state index in [1.807, 2.05) is 6.08 Å². The quantitative estimate of drug-likeness (QED) is 0.0231. The molecule has 0 radical (unpaired) electrons. The fourth-order valence-electron chi connectivity index (χ4n) is 6.28. The van der Waals surface area contributed by atoms with Crippen LogP contribution in [0.1, 0.15) is 206 Å². The molecule has 0 heterocycles. The average Bonchev–Trinajstić information content (AvgIpc) is 3.17. The van der Waals surface area contributed by atoms with Gasteiger partial charge in [0.1, 0.15) is 12.6 Å². The Kier molecular flexibility index (Phi) is 38.3. The van der Waals surface area contributed by atoms with Crippen LogP contribution in [0.5, 0.6) is 0 Å². The Morgan fingerprint density at radius 1 is 0.589 bits per heavy atom. The molecule has 0 saturated heterocycles. The lowest BCUT2D eigenvalue weighted by atomic mass is 10.0. The summed E-state index contributed by atoms with van der Waals surface area (Å²) in [5.41, 5.74) is 5.33. The molecule has 0 aromatic heterocycles. The molecule has 0 aromatic rings. The zero-order chi connectivity index (χ0) is 41.4. The second-order valence-electron chi connectivity index (χ2n) is 15.3. The molecule has 0 aliphatic heterocycles. The number of allylic oxidation sites excluding steroid dienone is 3. The second-order valence-corrected chi connectivity index (χ2v) is 16.7. The Hall–Kier alpha value is -2.04. The van der Waals surface area contributed by atoms with Gasteiger partial charge >= 0.3 is 25.7 Å². The lowest BCUT2D eigenvalue weighted by molar-refractivity contribution is -0.161. The first-order valence-corrected chi connectivity index (χ1v) is 23.8. The molecule has 4 N–H and O–H groups in total. The third kappa shape index (κ3) is 38.8. The molecular formula is C44H82NO10P. The van der Waals surface area contributed by atoms with Crippen molar-refractivity contribution in [3.63, 3.8) is 0 Å². The van der Waals surface area contributed by atoms with E-state index in [0.717, 1.165) is 44.9 Å². The van der Waals surface area contributed by atoms with Crippen LogP contribution in [0.3, 0.4) is 0 Å². The Labute approximate surface area is 340 Å². The predicted molar refractivity (Wildman–Crippen MR) is 226 cm³/mol. The average molecular weight is 816 g/mol. The maximum absolute atomic E-state index is 12.6. The Balaban J connectivity index is 4.31. The first-order chi connectivity index (χ1) is 27.1. The Bertz CT molecular complexity index is 1040. The normalized spacial score (nSPS) is 13.7. The van der Waals surface area contributed by atoms with Crippen LogP contribution in [0.4, 0.5) is 0 Å². The van der Waals surface area contributed by atoms with Crippen LogP contribution in [0, 0.1) is 0 Å². The van der Waals surface area contributed by atoms with Gasteiger partial charge in [0.25, 0.3) is 0 Å². The molecular weight excluding hydrogens is 733 g/mol. The molecule has 0 bridgehead atoms. The van der Waals surface area contributed by atoms with Gasteiger partial charge in [-0.2, -0.15) is 0 Å². The highest BCUT2D eigenvalue weighted by molar-refractivity contribution is 7.47. The van der Waals surface area contributed by atoms with Crippen LogP contribution in [-0.2, 0) is 37.5 Å². The topological polar surface area (TPSA) is 172 Å². The van der Waals surface area contributed by atoms with E-state index in [0.29, 0.717) is 12.8 Å². The number of hydrogen-bond acceptors (Lipinski definition) is 9. The molecule has 328 valence electrons. The number of ether oxygens (including phenoxy) is 2. The van der Waals surface area contributed by atoms with Crippen LogP contribution in [-0.4, -0.2) is 59.9 Å². The fraction of sp³-hybridized carbons (Fsp3) is 0.841. The molecule has 56 heavy (non-hydrogen) atoms. The fourth-order valence-corrected chi connectivity index (χ4v) is 7.05. The van der Waals surface area contributed by atoms with Gasteiger partial charge in [-0.15, -0.1) is 6.58 Å². The minimum absolute atomic E-state index is 0.160. The van der Waals surface area contributed by atoms with Crippen LogP contribution >= 0.6 is 7.82 Å². The molecule has 0 amide bonds. The molecule has 0 aliphatic carbocycles. The number of esters is 2. The molecule has 12 heteroatoms. The summed E-state index contributed by atoms with van der Waals surface area (Å²) in [4.78, 5) is 46.0. The van der Waals surface area contributed by atoms with Gasteiger partial charge < -0.3 is 25.2 Å². The van der Waals surface area contributed by atoms with Crippen molar-refractivity contribution >= 4 is 25.7 Å². The molecule has 0 rings (SSSR count). The molecule has 0 aromatic carbocycles. The van der Waals surface area contributed by atoms with Crippen LogP contribution in [0.2, 0.25) is 0 Å². The monoisotopic (exact) mass is 816 g/mol. The van der Waals surface area contributed by atoms with E-state index in [1.54, 1.807) is 0 Å². The number of nitrogens with two attached hydrogens (primary N) is 1. The maximum atomic E-state index is 12.6. The van der Waals surface area contributed by atoms with Gasteiger partial charge in [-0.05, 0) is 51.4 Å². The highest BCUT2D eigenvalue weighted by Crippen LogP contribution is 2.43. The van der Waals surface area contributed by atoms with Gasteiger partial charge in [0.15, 0.2) is 6.10 Å². The Morgan fingerprint density at radius 3 is 1.43 bits per heavy atom. The van der Waals surface area contributed by atoms with Crippen molar-refractivity contribution < 1.29 is 47.5 Å². The SMILES string of the molecule is C=CCCCCCCCCCCCCCCCC(=O)OC[C@H](COP(=O)(O)OC[C@H](N)C(=O)O)OC(=O)CCCCCCCCCCC/C=C/CCCCCC. The van der Waals surface area contributed by atoms with E-state index in [-0.39, 0.29) is 19.4 Å². The number of phosphoric acid groups is 1. The summed E-state index contributed by atoms with van der Waals surface area (Å²) in [5.74, 6) is -2.38. The standard InChI is InChI=1S/C44H82NO10P/c1-3-5-7-9-11-13-15-17-19-20-22-24-26-28-30-32-34-36-43(47)55-40(38-53-56(50,51)54-39-41(45)44(48)49)37-52-42(46)35-33-31-29-27-25-23-21-18-16-14-12-10-8-6-4-2/h4,13,15,40-41H,2-3,5-12,14,16-39,45H2,1H3,(H,48,49)(H,50,51)/b15-13+/t40-,41+/m1/s1. The number of carbonyl (C=O) groups excluding carboxylic acids is 2. The highest BCUT2D eigenvalue weighted by atomic mass is 31.2.